The van der Waals surface area contributed by atoms with E-state index in [1.807, 2.05) is 30.3 Å². The second-order valence-corrected chi connectivity index (χ2v) is 7.38. The molecular formula is C22H16BrClN2O3. The molecule has 0 bridgehead atoms. The molecule has 0 aliphatic heterocycles. The van der Waals surface area contributed by atoms with Gasteiger partial charge in [-0.05, 0) is 48.0 Å². The van der Waals surface area contributed by atoms with E-state index in [4.69, 9.17) is 16.3 Å². The molecular weight excluding hydrogens is 456 g/mol. The first-order chi connectivity index (χ1) is 14.0. The molecule has 7 heteroatoms. The Labute approximate surface area is 181 Å². The van der Waals surface area contributed by atoms with Gasteiger partial charge in [0.2, 0.25) is 0 Å². The zero-order chi connectivity index (χ0) is 20.6. The first kappa shape index (κ1) is 20.8. The van der Waals surface area contributed by atoms with Crippen LogP contribution in [0.5, 0.6) is 5.75 Å². The van der Waals surface area contributed by atoms with Crippen molar-refractivity contribution >= 4 is 45.6 Å². The van der Waals surface area contributed by atoms with Crippen LogP contribution in [-0.2, 0) is 11.2 Å². The van der Waals surface area contributed by atoms with Crippen LogP contribution in [0.15, 0.2) is 82.4 Å². The Morgan fingerprint density at radius 3 is 2.48 bits per heavy atom. The molecule has 0 saturated heterocycles. The average Bonchev–Trinajstić information content (AvgIpc) is 2.71. The van der Waals surface area contributed by atoms with Crippen LogP contribution in [0.1, 0.15) is 21.5 Å². The van der Waals surface area contributed by atoms with E-state index in [0.717, 1.165) is 10.0 Å². The molecule has 0 saturated carbocycles. The molecule has 0 unspecified atom stereocenters. The Morgan fingerprint density at radius 1 is 1.03 bits per heavy atom. The maximum atomic E-state index is 12.3. The number of carbonyl (C=O) groups is 2. The largest absolute Gasteiger partial charge is 0.426 e. The van der Waals surface area contributed by atoms with E-state index in [2.05, 4.69) is 26.5 Å². The van der Waals surface area contributed by atoms with Gasteiger partial charge in [0.25, 0.3) is 5.91 Å². The molecule has 0 aliphatic carbocycles. The number of hydrazone groups is 1. The molecule has 1 N–H and O–H groups in total. The number of amides is 1. The summed E-state index contributed by atoms with van der Waals surface area (Å²) < 4.78 is 6.26. The summed E-state index contributed by atoms with van der Waals surface area (Å²) in [5, 5.41) is 4.51. The lowest BCUT2D eigenvalue weighted by Gasteiger charge is -2.08. The summed E-state index contributed by atoms with van der Waals surface area (Å²) in [6, 6.07) is 20.9. The normalized spacial score (nSPS) is 10.7. The minimum absolute atomic E-state index is 0.154. The highest BCUT2D eigenvalue weighted by Crippen LogP contribution is 2.22. The molecule has 0 spiro atoms. The number of benzene rings is 3. The van der Waals surface area contributed by atoms with Crippen LogP contribution < -0.4 is 10.2 Å². The van der Waals surface area contributed by atoms with Crippen molar-refractivity contribution in [1.82, 2.24) is 5.43 Å². The predicted octanol–water partition coefficient (Wildman–Crippen LogP) is 5.01. The van der Waals surface area contributed by atoms with Crippen molar-refractivity contribution in [1.29, 1.82) is 0 Å². The second-order valence-electron chi connectivity index (χ2n) is 6.02. The molecule has 0 fully saturated rings. The zero-order valence-electron chi connectivity index (χ0n) is 15.1. The third kappa shape index (κ3) is 6.27. The maximum absolute atomic E-state index is 12.3. The summed E-state index contributed by atoms with van der Waals surface area (Å²) in [4.78, 5) is 24.4. The quantitative estimate of drug-likeness (QED) is 0.238. The molecule has 29 heavy (non-hydrogen) atoms. The molecule has 3 aromatic carbocycles. The van der Waals surface area contributed by atoms with Crippen molar-refractivity contribution < 1.29 is 14.3 Å². The van der Waals surface area contributed by atoms with E-state index in [9.17, 15) is 9.59 Å². The van der Waals surface area contributed by atoms with Gasteiger partial charge in [-0.2, -0.15) is 5.10 Å². The number of esters is 1. The van der Waals surface area contributed by atoms with Crippen LogP contribution in [-0.4, -0.2) is 18.1 Å². The number of ether oxygens (including phenoxy) is 1. The van der Waals surface area contributed by atoms with Gasteiger partial charge in [0.1, 0.15) is 5.75 Å². The molecule has 146 valence electrons. The third-order valence-corrected chi connectivity index (χ3v) is 4.61. The van der Waals surface area contributed by atoms with Crippen LogP contribution in [0.4, 0.5) is 0 Å². The van der Waals surface area contributed by atoms with Gasteiger partial charge in [0.15, 0.2) is 0 Å². The van der Waals surface area contributed by atoms with Crippen LogP contribution >= 0.6 is 27.5 Å². The van der Waals surface area contributed by atoms with Crippen molar-refractivity contribution in [3.05, 3.63) is 99.0 Å². The van der Waals surface area contributed by atoms with Crippen molar-refractivity contribution in [2.45, 2.75) is 6.42 Å². The Morgan fingerprint density at radius 2 is 1.76 bits per heavy atom. The summed E-state index contributed by atoms with van der Waals surface area (Å²) in [5.74, 6) is -0.424. The SMILES string of the molecule is O=C(Cc1ccccc1)Oc1ccc(Br)cc1/C=N\NC(=O)c1ccc(Cl)cc1. The van der Waals surface area contributed by atoms with Gasteiger partial charge in [-0.15, -0.1) is 0 Å². The maximum Gasteiger partial charge on any atom is 0.315 e. The fourth-order valence-corrected chi connectivity index (χ4v) is 2.97. The molecule has 1 amide bonds. The minimum Gasteiger partial charge on any atom is -0.426 e. The van der Waals surface area contributed by atoms with E-state index in [1.54, 1.807) is 42.5 Å². The highest BCUT2D eigenvalue weighted by Gasteiger charge is 2.10. The van der Waals surface area contributed by atoms with Gasteiger partial charge < -0.3 is 4.74 Å². The summed E-state index contributed by atoms with van der Waals surface area (Å²) >= 11 is 9.20. The zero-order valence-corrected chi connectivity index (χ0v) is 17.5. The van der Waals surface area contributed by atoms with Crippen LogP contribution in [0.3, 0.4) is 0 Å². The summed E-state index contributed by atoms with van der Waals surface area (Å²) in [7, 11) is 0. The Kier molecular flexibility index (Phi) is 7.16. The van der Waals surface area contributed by atoms with Gasteiger partial charge in [0.05, 0.1) is 12.6 Å². The summed E-state index contributed by atoms with van der Waals surface area (Å²) in [5.41, 5.74) is 4.26. The minimum atomic E-state index is -0.390. The third-order valence-electron chi connectivity index (χ3n) is 3.86. The van der Waals surface area contributed by atoms with Crippen LogP contribution in [0.2, 0.25) is 5.02 Å². The molecule has 3 rings (SSSR count). The molecule has 0 radical (unpaired) electrons. The number of rotatable bonds is 6. The number of halogens is 2. The first-order valence-electron chi connectivity index (χ1n) is 8.64. The van der Waals surface area contributed by atoms with Crippen molar-refractivity contribution in [3.8, 4) is 5.75 Å². The predicted molar refractivity (Wildman–Crippen MR) is 116 cm³/mol. The standard InChI is InChI=1S/C22H16BrClN2O3/c23-18-8-11-20(29-21(27)12-15-4-2-1-3-5-15)17(13-18)14-25-26-22(28)16-6-9-19(24)10-7-16/h1-11,13-14H,12H2,(H,26,28)/b25-14-. The molecule has 5 nitrogen and oxygen atoms in total. The number of hydrogen-bond donors (Lipinski definition) is 1. The van der Waals surface area contributed by atoms with E-state index in [1.165, 1.54) is 6.21 Å². The smallest absolute Gasteiger partial charge is 0.315 e. The number of carbonyl (C=O) groups excluding carboxylic acids is 2. The summed E-state index contributed by atoms with van der Waals surface area (Å²) in [6.45, 7) is 0. The highest BCUT2D eigenvalue weighted by atomic mass is 79.9. The monoisotopic (exact) mass is 470 g/mol. The fraction of sp³-hybridized carbons (Fsp3) is 0.0455. The van der Waals surface area contributed by atoms with Crippen LogP contribution in [0.25, 0.3) is 0 Å². The van der Waals surface area contributed by atoms with Gasteiger partial charge in [-0.25, -0.2) is 5.43 Å². The molecule has 0 heterocycles. The Balaban J connectivity index is 1.68. The van der Waals surface area contributed by atoms with Crippen molar-refractivity contribution in [2.24, 2.45) is 5.10 Å². The highest BCUT2D eigenvalue weighted by molar-refractivity contribution is 9.10. The van der Waals surface area contributed by atoms with Crippen LogP contribution in [0, 0.1) is 0 Å². The number of nitrogens with zero attached hydrogens (tertiary/aromatic N) is 1. The van der Waals surface area contributed by atoms with Gasteiger partial charge >= 0.3 is 5.97 Å². The lowest BCUT2D eigenvalue weighted by Crippen LogP contribution is -2.17. The van der Waals surface area contributed by atoms with E-state index in [0.29, 0.717) is 21.9 Å². The molecule has 3 aromatic rings. The lowest BCUT2D eigenvalue weighted by atomic mass is 10.1. The molecule has 0 atom stereocenters. The van der Waals surface area contributed by atoms with E-state index in [-0.39, 0.29) is 12.3 Å². The van der Waals surface area contributed by atoms with Crippen molar-refractivity contribution in [3.63, 3.8) is 0 Å². The molecule has 0 aliphatic rings. The van der Waals surface area contributed by atoms with Gasteiger partial charge in [-0.3, -0.25) is 9.59 Å². The topological polar surface area (TPSA) is 67.8 Å². The van der Waals surface area contributed by atoms with Gasteiger partial charge in [0, 0.05) is 20.6 Å². The number of hydrogen-bond acceptors (Lipinski definition) is 4. The Hall–Kier alpha value is -2.96. The van der Waals surface area contributed by atoms with Gasteiger partial charge in [-0.1, -0.05) is 57.9 Å². The van der Waals surface area contributed by atoms with Crippen molar-refractivity contribution in [2.75, 3.05) is 0 Å². The second kappa shape index (κ2) is 10.0. The number of nitrogens with one attached hydrogen (secondary N) is 1. The first-order valence-corrected chi connectivity index (χ1v) is 9.81. The van der Waals surface area contributed by atoms with E-state index < -0.39 is 5.97 Å². The van der Waals surface area contributed by atoms with E-state index >= 15 is 0 Å². The Bertz CT molecular complexity index is 1040. The summed E-state index contributed by atoms with van der Waals surface area (Å²) in [6.07, 6.45) is 1.57. The fourth-order valence-electron chi connectivity index (χ4n) is 2.46. The average molecular weight is 472 g/mol. The molecule has 0 aromatic heterocycles. The lowest BCUT2D eigenvalue weighted by molar-refractivity contribution is -0.133.